The first-order valence-corrected chi connectivity index (χ1v) is 6.89. The van der Waals surface area contributed by atoms with Crippen LogP contribution >= 0.6 is 0 Å². The van der Waals surface area contributed by atoms with E-state index >= 15 is 0 Å². The molecule has 0 amide bonds. The van der Waals surface area contributed by atoms with Crippen molar-refractivity contribution in [2.45, 2.75) is 51.7 Å². The van der Waals surface area contributed by atoms with E-state index in [1.165, 1.54) is 30.5 Å². The molecule has 3 N–H and O–H groups in total. The van der Waals surface area contributed by atoms with Crippen LogP contribution in [-0.4, -0.2) is 23.8 Å². The van der Waals surface area contributed by atoms with E-state index in [-0.39, 0.29) is 6.10 Å². The smallest absolute Gasteiger partial charge is 0.0531 e. The van der Waals surface area contributed by atoms with Gasteiger partial charge in [0.1, 0.15) is 0 Å². The fourth-order valence-corrected chi connectivity index (χ4v) is 2.89. The Balaban J connectivity index is 2.24. The molecule has 3 heteroatoms. The number of rotatable bonds is 3. The average molecular weight is 248 g/mol. The molecule has 1 heterocycles. The Morgan fingerprint density at radius 3 is 2.94 bits per heavy atom. The Morgan fingerprint density at radius 2 is 2.22 bits per heavy atom. The van der Waals surface area contributed by atoms with Gasteiger partial charge in [-0.3, -0.25) is 0 Å². The van der Waals surface area contributed by atoms with Crippen molar-refractivity contribution < 1.29 is 5.11 Å². The lowest BCUT2D eigenvalue weighted by Gasteiger charge is -2.39. The Labute approximate surface area is 110 Å². The quantitative estimate of drug-likeness (QED) is 0.809. The lowest BCUT2D eigenvalue weighted by molar-refractivity contribution is 0.167. The van der Waals surface area contributed by atoms with Crippen molar-refractivity contribution in [3.05, 3.63) is 23.8 Å². The second-order valence-electron chi connectivity index (χ2n) is 5.47. The fourth-order valence-electron chi connectivity index (χ4n) is 2.89. The number of piperidine rings is 1. The number of aliphatic hydroxyl groups is 1. The van der Waals surface area contributed by atoms with Gasteiger partial charge in [-0.1, -0.05) is 6.07 Å². The average Bonchev–Trinajstić information content (AvgIpc) is 2.32. The molecule has 0 saturated carbocycles. The van der Waals surface area contributed by atoms with Crippen LogP contribution in [-0.2, 0) is 0 Å². The third kappa shape index (κ3) is 2.96. The van der Waals surface area contributed by atoms with Crippen LogP contribution in [0.15, 0.2) is 18.2 Å². The summed E-state index contributed by atoms with van der Waals surface area (Å²) in [5.41, 5.74) is 9.22. The van der Waals surface area contributed by atoms with Gasteiger partial charge in [-0.05, 0) is 57.2 Å². The molecule has 2 rings (SSSR count). The number of hydrogen-bond donors (Lipinski definition) is 2. The van der Waals surface area contributed by atoms with Crippen molar-refractivity contribution >= 4 is 11.4 Å². The number of aryl methyl sites for hydroxylation is 1. The Hall–Kier alpha value is -1.22. The Morgan fingerprint density at radius 1 is 1.44 bits per heavy atom. The van der Waals surface area contributed by atoms with E-state index in [1.54, 1.807) is 0 Å². The normalized spacial score (nSPS) is 21.9. The number of nitrogen functional groups attached to an aromatic ring is 1. The summed E-state index contributed by atoms with van der Waals surface area (Å²) in [5.74, 6) is 0. The minimum Gasteiger partial charge on any atom is -0.399 e. The van der Waals surface area contributed by atoms with Gasteiger partial charge in [-0.15, -0.1) is 0 Å². The molecule has 0 aliphatic carbocycles. The SMILES string of the molecule is Cc1ccc(N)cc1N1CCCCC1CC(C)O. The molecule has 1 saturated heterocycles. The van der Waals surface area contributed by atoms with Crippen LogP contribution in [0.4, 0.5) is 11.4 Å². The van der Waals surface area contributed by atoms with Gasteiger partial charge in [0.2, 0.25) is 0 Å². The van der Waals surface area contributed by atoms with Crippen molar-refractivity contribution in [1.29, 1.82) is 0 Å². The lowest BCUT2D eigenvalue weighted by atomic mass is 9.95. The second kappa shape index (κ2) is 5.61. The number of benzene rings is 1. The van der Waals surface area contributed by atoms with E-state index in [4.69, 9.17) is 5.73 Å². The molecule has 18 heavy (non-hydrogen) atoms. The van der Waals surface area contributed by atoms with Crippen LogP contribution in [0.2, 0.25) is 0 Å². The highest BCUT2D eigenvalue weighted by Crippen LogP contribution is 2.31. The van der Waals surface area contributed by atoms with Gasteiger partial charge < -0.3 is 15.7 Å². The van der Waals surface area contributed by atoms with Gasteiger partial charge in [0, 0.05) is 24.0 Å². The zero-order chi connectivity index (χ0) is 13.1. The molecule has 1 aromatic rings. The molecule has 1 aromatic carbocycles. The van der Waals surface area contributed by atoms with Crippen molar-refractivity contribution in [3.63, 3.8) is 0 Å². The van der Waals surface area contributed by atoms with Gasteiger partial charge in [-0.25, -0.2) is 0 Å². The van der Waals surface area contributed by atoms with E-state index in [2.05, 4.69) is 24.0 Å². The Bertz CT molecular complexity index is 403. The first-order valence-electron chi connectivity index (χ1n) is 6.89. The van der Waals surface area contributed by atoms with E-state index in [0.717, 1.165) is 18.7 Å². The zero-order valence-corrected chi connectivity index (χ0v) is 11.4. The van der Waals surface area contributed by atoms with Crippen molar-refractivity contribution in [1.82, 2.24) is 0 Å². The second-order valence-corrected chi connectivity index (χ2v) is 5.47. The highest BCUT2D eigenvalue weighted by atomic mass is 16.3. The van der Waals surface area contributed by atoms with E-state index in [1.807, 2.05) is 13.0 Å². The fraction of sp³-hybridized carbons (Fsp3) is 0.600. The summed E-state index contributed by atoms with van der Waals surface area (Å²) >= 11 is 0. The predicted octanol–water partition coefficient (Wildman–Crippen LogP) is 2.71. The number of nitrogens with two attached hydrogens (primary N) is 1. The minimum atomic E-state index is -0.239. The van der Waals surface area contributed by atoms with Crippen LogP contribution in [0.5, 0.6) is 0 Å². The topological polar surface area (TPSA) is 49.5 Å². The van der Waals surface area contributed by atoms with E-state index in [0.29, 0.717) is 6.04 Å². The van der Waals surface area contributed by atoms with Crippen molar-refractivity contribution in [3.8, 4) is 0 Å². The maximum Gasteiger partial charge on any atom is 0.0531 e. The number of hydrogen-bond acceptors (Lipinski definition) is 3. The lowest BCUT2D eigenvalue weighted by Crippen LogP contribution is -2.41. The Kier molecular flexibility index (Phi) is 4.12. The molecule has 1 fully saturated rings. The van der Waals surface area contributed by atoms with Crippen LogP contribution in [0.3, 0.4) is 0 Å². The molecule has 3 nitrogen and oxygen atoms in total. The third-order valence-corrected chi connectivity index (χ3v) is 3.78. The van der Waals surface area contributed by atoms with Gasteiger partial charge in [0.25, 0.3) is 0 Å². The summed E-state index contributed by atoms with van der Waals surface area (Å²) in [6.07, 6.45) is 4.25. The molecule has 0 bridgehead atoms. The van der Waals surface area contributed by atoms with E-state index < -0.39 is 0 Å². The molecule has 2 unspecified atom stereocenters. The van der Waals surface area contributed by atoms with Crippen LogP contribution < -0.4 is 10.6 Å². The molecule has 1 aliphatic heterocycles. The van der Waals surface area contributed by atoms with Gasteiger partial charge in [0.05, 0.1) is 6.10 Å². The summed E-state index contributed by atoms with van der Waals surface area (Å²) in [6.45, 7) is 5.07. The first-order chi connectivity index (χ1) is 8.58. The van der Waals surface area contributed by atoms with Crippen molar-refractivity contribution in [2.24, 2.45) is 0 Å². The van der Waals surface area contributed by atoms with Gasteiger partial charge in [-0.2, -0.15) is 0 Å². The summed E-state index contributed by atoms with van der Waals surface area (Å²) in [5, 5.41) is 9.64. The van der Waals surface area contributed by atoms with Crippen LogP contribution in [0.1, 0.15) is 38.2 Å². The zero-order valence-electron chi connectivity index (χ0n) is 11.4. The van der Waals surface area contributed by atoms with Crippen molar-refractivity contribution in [2.75, 3.05) is 17.2 Å². The molecule has 0 radical (unpaired) electrons. The maximum absolute atomic E-state index is 9.64. The summed E-state index contributed by atoms with van der Waals surface area (Å²) in [7, 11) is 0. The third-order valence-electron chi connectivity index (χ3n) is 3.78. The number of anilines is 2. The standard InChI is InChI=1S/C15H24N2O/c1-11-6-7-13(16)10-15(11)17-8-4-3-5-14(17)9-12(2)18/h6-7,10,12,14,18H,3-5,8-9,16H2,1-2H3. The predicted molar refractivity (Wildman–Crippen MR) is 76.9 cm³/mol. The summed E-state index contributed by atoms with van der Waals surface area (Å²) < 4.78 is 0. The first kappa shape index (κ1) is 13.2. The summed E-state index contributed by atoms with van der Waals surface area (Å²) in [6, 6.07) is 6.54. The van der Waals surface area contributed by atoms with Crippen LogP contribution in [0, 0.1) is 6.92 Å². The molecular weight excluding hydrogens is 224 g/mol. The monoisotopic (exact) mass is 248 g/mol. The summed E-state index contributed by atoms with van der Waals surface area (Å²) in [4.78, 5) is 2.43. The van der Waals surface area contributed by atoms with Gasteiger partial charge in [0.15, 0.2) is 0 Å². The highest BCUT2D eigenvalue weighted by molar-refractivity contribution is 5.61. The van der Waals surface area contributed by atoms with E-state index in [9.17, 15) is 5.11 Å². The molecule has 100 valence electrons. The number of nitrogens with zero attached hydrogens (tertiary/aromatic N) is 1. The molecule has 0 aromatic heterocycles. The van der Waals surface area contributed by atoms with Gasteiger partial charge >= 0.3 is 0 Å². The molecule has 1 aliphatic rings. The van der Waals surface area contributed by atoms with Crippen LogP contribution in [0.25, 0.3) is 0 Å². The molecular formula is C15H24N2O. The minimum absolute atomic E-state index is 0.239. The highest BCUT2D eigenvalue weighted by Gasteiger charge is 2.24. The number of aliphatic hydroxyl groups excluding tert-OH is 1. The molecule has 0 spiro atoms. The maximum atomic E-state index is 9.64. The molecule has 2 atom stereocenters. The largest absolute Gasteiger partial charge is 0.399 e.